The summed E-state index contributed by atoms with van der Waals surface area (Å²) in [6, 6.07) is 19.1. The lowest BCUT2D eigenvalue weighted by Gasteiger charge is -2.31. The SMILES string of the molecule is CCOc1ccc([C@H]2C(C#N)=C(SCc3ccccc3)NC(=O)[C@H]2C(=O)OC)cc1. The van der Waals surface area contributed by atoms with E-state index in [1.165, 1.54) is 18.9 Å². The topological polar surface area (TPSA) is 88.4 Å². The van der Waals surface area contributed by atoms with Gasteiger partial charge in [0.15, 0.2) is 0 Å². The zero-order chi connectivity index (χ0) is 21.5. The van der Waals surface area contributed by atoms with Gasteiger partial charge in [-0.2, -0.15) is 5.26 Å². The van der Waals surface area contributed by atoms with Crippen LogP contribution >= 0.6 is 11.8 Å². The number of hydrogen-bond donors (Lipinski definition) is 1. The Kier molecular flexibility index (Phi) is 7.15. The van der Waals surface area contributed by atoms with Gasteiger partial charge < -0.3 is 14.8 Å². The number of carbonyl (C=O) groups is 2. The van der Waals surface area contributed by atoms with Crippen molar-refractivity contribution in [2.24, 2.45) is 5.92 Å². The number of nitriles is 1. The Morgan fingerprint density at radius 2 is 1.87 bits per heavy atom. The van der Waals surface area contributed by atoms with Gasteiger partial charge in [-0.05, 0) is 30.2 Å². The standard InChI is InChI=1S/C23H22N2O4S/c1-3-29-17-11-9-16(10-12-17)19-18(13-24)22(25-21(26)20(19)23(27)28-2)30-14-15-7-5-4-6-8-15/h4-12,19-20H,3,14H2,1-2H3,(H,25,26)/t19-,20-/m0/s1. The summed E-state index contributed by atoms with van der Waals surface area (Å²) in [5, 5.41) is 13.1. The van der Waals surface area contributed by atoms with E-state index in [0.29, 0.717) is 34.3 Å². The minimum Gasteiger partial charge on any atom is -0.494 e. The van der Waals surface area contributed by atoms with Gasteiger partial charge in [-0.15, -0.1) is 11.8 Å². The summed E-state index contributed by atoms with van der Waals surface area (Å²) in [5.74, 6) is -1.76. The molecule has 1 amide bonds. The second kappa shape index (κ2) is 9.99. The van der Waals surface area contributed by atoms with Crippen molar-refractivity contribution in [3.8, 4) is 11.8 Å². The van der Waals surface area contributed by atoms with Crippen molar-refractivity contribution in [2.75, 3.05) is 13.7 Å². The van der Waals surface area contributed by atoms with Gasteiger partial charge in [-0.25, -0.2) is 0 Å². The number of nitrogens with zero attached hydrogens (tertiary/aromatic N) is 1. The molecule has 0 saturated heterocycles. The third-order valence-electron chi connectivity index (χ3n) is 4.76. The molecule has 0 unspecified atom stereocenters. The molecule has 1 N–H and O–H groups in total. The average molecular weight is 423 g/mol. The molecule has 0 bridgehead atoms. The van der Waals surface area contributed by atoms with Gasteiger partial charge in [0.25, 0.3) is 0 Å². The lowest BCUT2D eigenvalue weighted by Crippen LogP contribution is -2.44. The summed E-state index contributed by atoms with van der Waals surface area (Å²) < 4.78 is 10.3. The van der Waals surface area contributed by atoms with Crippen LogP contribution in [0.3, 0.4) is 0 Å². The van der Waals surface area contributed by atoms with Crippen molar-refractivity contribution in [3.05, 3.63) is 76.3 Å². The largest absolute Gasteiger partial charge is 0.494 e. The number of esters is 1. The first kappa shape index (κ1) is 21.5. The van der Waals surface area contributed by atoms with Gasteiger partial charge in [0, 0.05) is 11.7 Å². The number of methoxy groups -OCH3 is 1. The van der Waals surface area contributed by atoms with E-state index < -0.39 is 23.7 Å². The maximum absolute atomic E-state index is 12.8. The Bertz CT molecular complexity index is 981. The van der Waals surface area contributed by atoms with E-state index in [0.717, 1.165) is 5.56 Å². The van der Waals surface area contributed by atoms with Gasteiger partial charge in [-0.3, -0.25) is 9.59 Å². The number of thioether (sulfide) groups is 1. The van der Waals surface area contributed by atoms with E-state index in [9.17, 15) is 14.9 Å². The van der Waals surface area contributed by atoms with Gasteiger partial charge in [-0.1, -0.05) is 42.5 Å². The van der Waals surface area contributed by atoms with E-state index in [1.54, 1.807) is 24.3 Å². The van der Waals surface area contributed by atoms with Crippen molar-refractivity contribution in [1.29, 1.82) is 5.26 Å². The third-order valence-corrected chi connectivity index (χ3v) is 5.85. The number of allylic oxidation sites excluding steroid dienone is 1. The number of hydrogen-bond acceptors (Lipinski definition) is 6. The van der Waals surface area contributed by atoms with E-state index in [2.05, 4.69) is 11.4 Å². The van der Waals surface area contributed by atoms with Gasteiger partial charge in [0.2, 0.25) is 5.91 Å². The predicted octanol–water partition coefficient (Wildman–Crippen LogP) is 3.76. The molecular formula is C23H22N2O4S. The molecule has 2 aromatic rings. The molecule has 154 valence electrons. The summed E-state index contributed by atoms with van der Waals surface area (Å²) >= 11 is 1.37. The number of amides is 1. The van der Waals surface area contributed by atoms with Crippen LogP contribution in [0.2, 0.25) is 0 Å². The van der Waals surface area contributed by atoms with Crippen molar-refractivity contribution in [1.82, 2.24) is 5.32 Å². The Hall–Kier alpha value is -3.24. The summed E-state index contributed by atoms with van der Waals surface area (Å²) in [4.78, 5) is 25.3. The highest BCUT2D eigenvalue weighted by molar-refractivity contribution is 8.02. The number of benzene rings is 2. The fourth-order valence-corrected chi connectivity index (χ4v) is 4.35. The van der Waals surface area contributed by atoms with Gasteiger partial charge >= 0.3 is 5.97 Å². The second-order valence-corrected chi connectivity index (χ2v) is 7.58. The molecule has 2 atom stereocenters. The molecule has 1 aliphatic rings. The highest BCUT2D eigenvalue weighted by Crippen LogP contribution is 2.41. The van der Waals surface area contributed by atoms with E-state index in [1.807, 2.05) is 37.3 Å². The fourth-order valence-electron chi connectivity index (χ4n) is 3.35. The summed E-state index contributed by atoms with van der Waals surface area (Å²) in [7, 11) is 1.24. The Labute approximate surface area is 179 Å². The second-order valence-electron chi connectivity index (χ2n) is 6.60. The highest BCUT2D eigenvalue weighted by Gasteiger charge is 2.44. The Morgan fingerprint density at radius 3 is 2.47 bits per heavy atom. The first-order valence-electron chi connectivity index (χ1n) is 9.51. The average Bonchev–Trinajstić information content (AvgIpc) is 2.78. The first-order chi connectivity index (χ1) is 14.6. The smallest absolute Gasteiger partial charge is 0.319 e. The van der Waals surface area contributed by atoms with E-state index >= 15 is 0 Å². The van der Waals surface area contributed by atoms with Crippen LogP contribution in [0.4, 0.5) is 0 Å². The molecule has 0 fully saturated rings. The van der Waals surface area contributed by atoms with E-state index in [-0.39, 0.29) is 0 Å². The molecule has 0 spiro atoms. The van der Waals surface area contributed by atoms with Crippen molar-refractivity contribution >= 4 is 23.6 Å². The number of ether oxygens (including phenoxy) is 2. The summed E-state index contributed by atoms with van der Waals surface area (Å²) in [5.41, 5.74) is 2.09. The van der Waals surface area contributed by atoms with Crippen LogP contribution in [0.25, 0.3) is 0 Å². The monoisotopic (exact) mass is 422 g/mol. The first-order valence-corrected chi connectivity index (χ1v) is 10.5. The Balaban J connectivity index is 2.00. The van der Waals surface area contributed by atoms with Crippen LogP contribution in [-0.4, -0.2) is 25.6 Å². The van der Waals surface area contributed by atoms with Crippen LogP contribution in [-0.2, 0) is 20.1 Å². The van der Waals surface area contributed by atoms with Crippen LogP contribution in [0.15, 0.2) is 65.2 Å². The lowest BCUT2D eigenvalue weighted by molar-refractivity contribution is -0.150. The van der Waals surface area contributed by atoms with Gasteiger partial charge in [0.05, 0.1) is 30.4 Å². The van der Waals surface area contributed by atoms with Crippen molar-refractivity contribution in [2.45, 2.75) is 18.6 Å². The van der Waals surface area contributed by atoms with Crippen molar-refractivity contribution in [3.63, 3.8) is 0 Å². The number of carbonyl (C=O) groups excluding carboxylic acids is 2. The minimum atomic E-state index is -1.14. The molecule has 0 aliphatic carbocycles. The maximum atomic E-state index is 12.8. The molecule has 0 saturated carbocycles. The van der Waals surface area contributed by atoms with Crippen LogP contribution in [0.1, 0.15) is 24.0 Å². The van der Waals surface area contributed by atoms with Crippen LogP contribution < -0.4 is 10.1 Å². The normalized spacial score (nSPS) is 18.4. The Morgan fingerprint density at radius 1 is 1.17 bits per heavy atom. The molecule has 0 aromatic heterocycles. The molecular weight excluding hydrogens is 400 g/mol. The number of nitrogens with one attached hydrogen (secondary N) is 1. The van der Waals surface area contributed by atoms with Gasteiger partial charge in [0.1, 0.15) is 11.7 Å². The fraction of sp³-hybridized carbons (Fsp3) is 0.261. The third kappa shape index (κ3) is 4.66. The summed E-state index contributed by atoms with van der Waals surface area (Å²) in [6.45, 7) is 2.42. The molecule has 1 heterocycles. The zero-order valence-corrected chi connectivity index (χ0v) is 17.6. The minimum absolute atomic E-state index is 0.343. The molecule has 2 aromatic carbocycles. The van der Waals surface area contributed by atoms with E-state index in [4.69, 9.17) is 9.47 Å². The van der Waals surface area contributed by atoms with Crippen LogP contribution in [0, 0.1) is 17.2 Å². The molecule has 1 aliphatic heterocycles. The highest BCUT2D eigenvalue weighted by atomic mass is 32.2. The predicted molar refractivity (Wildman–Crippen MR) is 114 cm³/mol. The molecule has 0 radical (unpaired) electrons. The molecule has 30 heavy (non-hydrogen) atoms. The molecule has 6 nitrogen and oxygen atoms in total. The maximum Gasteiger partial charge on any atom is 0.319 e. The van der Waals surface area contributed by atoms with Crippen LogP contribution in [0.5, 0.6) is 5.75 Å². The molecule has 7 heteroatoms. The summed E-state index contributed by atoms with van der Waals surface area (Å²) in [6.07, 6.45) is 0. The molecule has 3 rings (SSSR count). The zero-order valence-electron chi connectivity index (χ0n) is 16.8. The lowest BCUT2D eigenvalue weighted by atomic mass is 9.78. The van der Waals surface area contributed by atoms with Crippen molar-refractivity contribution < 1.29 is 19.1 Å². The number of rotatable bonds is 7. The quantitative estimate of drug-likeness (QED) is 0.540.